The van der Waals surface area contributed by atoms with Gasteiger partial charge in [-0.3, -0.25) is 4.79 Å². The second-order valence-electron chi connectivity index (χ2n) is 7.46. The summed E-state index contributed by atoms with van der Waals surface area (Å²) < 4.78 is 5.37. The van der Waals surface area contributed by atoms with Gasteiger partial charge in [0.25, 0.3) is 0 Å². The molecule has 0 bridgehead atoms. The number of hydrogen-bond donors (Lipinski definition) is 2. The Labute approximate surface area is 174 Å². The highest BCUT2D eigenvalue weighted by atomic mass is 35.5. The van der Waals surface area contributed by atoms with Gasteiger partial charge in [0, 0.05) is 12.8 Å². The molecule has 1 fully saturated rings. The molecule has 4 nitrogen and oxygen atoms in total. The first-order valence-electron chi connectivity index (χ1n) is 9.86. The van der Waals surface area contributed by atoms with Crippen molar-refractivity contribution in [2.75, 3.05) is 32.1 Å². The summed E-state index contributed by atoms with van der Waals surface area (Å²) in [7, 11) is 1.67. The predicted molar refractivity (Wildman–Crippen MR) is 117 cm³/mol. The lowest BCUT2D eigenvalue weighted by Gasteiger charge is -2.35. The third-order valence-electron chi connectivity index (χ3n) is 5.42. The van der Waals surface area contributed by atoms with Crippen LogP contribution in [-0.4, -0.2) is 32.7 Å². The molecule has 0 atom stereocenters. The van der Waals surface area contributed by atoms with Gasteiger partial charge in [-0.1, -0.05) is 42.5 Å². The largest absolute Gasteiger partial charge is 0.384 e. The fraction of sp³-hybridized carbons (Fsp3) is 0.435. The Bertz CT molecular complexity index is 725. The van der Waals surface area contributed by atoms with Crippen LogP contribution in [0.25, 0.3) is 0 Å². The quantitative estimate of drug-likeness (QED) is 0.694. The number of piperidine rings is 1. The number of aryl methyl sites for hydroxylation is 2. The molecule has 152 valence electrons. The van der Waals surface area contributed by atoms with Crippen LogP contribution in [0.2, 0.25) is 0 Å². The van der Waals surface area contributed by atoms with E-state index in [1.807, 2.05) is 18.2 Å². The average molecular weight is 403 g/mol. The van der Waals surface area contributed by atoms with Crippen molar-refractivity contribution < 1.29 is 9.53 Å². The van der Waals surface area contributed by atoms with Crippen molar-refractivity contribution in [1.82, 2.24) is 5.32 Å². The number of amides is 1. The normalized spacial score (nSPS) is 15.5. The second-order valence-corrected chi connectivity index (χ2v) is 7.46. The Morgan fingerprint density at radius 1 is 1.04 bits per heavy atom. The standard InChI is InChI=1S/C23H30N2O2.ClH/c1-27-18-23(13-15-24-16-14-23)22(26)25-21-12-6-11-20(17-21)10-5-9-19-7-3-2-4-8-19;/h2-4,6-8,11-12,17,24H,5,9-10,13-16,18H2,1H3,(H,25,26);1H. The van der Waals surface area contributed by atoms with Crippen LogP contribution in [0.4, 0.5) is 5.69 Å². The van der Waals surface area contributed by atoms with Crippen LogP contribution in [0.3, 0.4) is 0 Å². The Kier molecular flexibility index (Phi) is 8.97. The summed E-state index contributed by atoms with van der Waals surface area (Å²) in [4.78, 5) is 13.0. The van der Waals surface area contributed by atoms with E-state index in [0.717, 1.165) is 50.9 Å². The predicted octanol–water partition coefficient (Wildman–Crippen LogP) is 4.24. The zero-order valence-corrected chi connectivity index (χ0v) is 17.4. The van der Waals surface area contributed by atoms with Gasteiger partial charge in [-0.05, 0) is 68.5 Å². The molecule has 5 heteroatoms. The smallest absolute Gasteiger partial charge is 0.233 e. The molecule has 1 amide bonds. The van der Waals surface area contributed by atoms with E-state index in [2.05, 4.69) is 47.0 Å². The summed E-state index contributed by atoms with van der Waals surface area (Å²) in [5.41, 5.74) is 3.08. The highest BCUT2D eigenvalue weighted by Crippen LogP contribution is 2.31. The molecule has 3 rings (SSSR count). The molecule has 0 saturated carbocycles. The number of anilines is 1. The molecule has 0 aliphatic carbocycles. The van der Waals surface area contributed by atoms with Crippen molar-refractivity contribution in [1.29, 1.82) is 0 Å². The summed E-state index contributed by atoms with van der Waals surface area (Å²) >= 11 is 0. The van der Waals surface area contributed by atoms with Crippen LogP contribution in [0.1, 0.15) is 30.4 Å². The topological polar surface area (TPSA) is 50.4 Å². The van der Waals surface area contributed by atoms with Gasteiger partial charge in [0.05, 0.1) is 12.0 Å². The highest BCUT2D eigenvalue weighted by molar-refractivity contribution is 5.95. The van der Waals surface area contributed by atoms with Gasteiger partial charge >= 0.3 is 0 Å². The monoisotopic (exact) mass is 402 g/mol. The maximum Gasteiger partial charge on any atom is 0.233 e. The highest BCUT2D eigenvalue weighted by Gasteiger charge is 2.39. The van der Waals surface area contributed by atoms with Crippen molar-refractivity contribution in [3.05, 3.63) is 65.7 Å². The van der Waals surface area contributed by atoms with Crippen molar-refractivity contribution in [3.63, 3.8) is 0 Å². The molecule has 2 aromatic rings. The molecule has 0 aromatic heterocycles. The Balaban J connectivity index is 0.00000280. The molecule has 2 aromatic carbocycles. The van der Waals surface area contributed by atoms with Crippen LogP contribution >= 0.6 is 12.4 Å². The number of rotatable bonds is 8. The number of nitrogens with one attached hydrogen (secondary N) is 2. The van der Waals surface area contributed by atoms with E-state index in [-0.39, 0.29) is 18.3 Å². The van der Waals surface area contributed by atoms with Crippen molar-refractivity contribution in [3.8, 4) is 0 Å². The van der Waals surface area contributed by atoms with Crippen molar-refractivity contribution in [2.24, 2.45) is 5.41 Å². The molecule has 0 unspecified atom stereocenters. The fourth-order valence-electron chi connectivity index (χ4n) is 3.83. The molecule has 1 aliphatic heterocycles. The van der Waals surface area contributed by atoms with Crippen LogP contribution in [0.15, 0.2) is 54.6 Å². The number of halogens is 1. The lowest BCUT2D eigenvalue weighted by molar-refractivity contribution is -0.130. The van der Waals surface area contributed by atoms with Crippen LogP contribution < -0.4 is 10.6 Å². The minimum atomic E-state index is -0.427. The number of hydrogen-bond acceptors (Lipinski definition) is 3. The first kappa shape index (κ1) is 22.4. The maximum absolute atomic E-state index is 13.0. The number of ether oxygens (including phenoxy) is 1. The Morgan fingerprint density at radius 3 is 2.43 bits per heavy atom. The van der Waals surface area contributed by atoms with E-state index in [1.165, 1.54) is 11.1 Å². The Hall–Kier alpha value is -1.88. The van der Waals surface area contributed by atoms with E-state index >= 15 is 0 Å². The molecular formula is C23H31ClN2O2. The summed E-state index contributed by atoms with van der Waals surface area (Å²) in [6.45, 7) is 2.18. The van der Waals surface area contributed by atoms with E-state index in [9.17, 15) is 4.79 Å². The molecule has 1 aliphatic rings. The van der Waals surface area contributed by atoms with E-state index < -0.39 is 5.41 Å². The van der Waals surface area contributed by atoms with Crippen LogP contribution in [-0.2, 0) is 22.4 Å². The zero-order valence-electron chi connectivity index (χ0n) is 16.6. The first-order valence-corrected chi connectivity index (χ1v) is 9.86. The third kappa shape index (κ3) is 6.06. The van der Waals surface area contributed by atoms with E-state index in [0.29, 0.717) is 6.61 Å². The van der Waals surface area contributed by atoms with Gasteiger partial charge in [0.2, 0.25) is 5.91 Å². The second kappa shape index (κ2) is 11.2. The van der Waals surface area contributed by atoms with Gasteiger partial charge in [-0.2, -0.15) is 0 Å². The first-order chi connectivity index (χ1) is 13.2. The minimum Gasteiger partial charge on any atom is -0.384 e. The average Bonchev–Trinajstić information content (AvgIpc) is 2.70. The van der Waals surface area contributed by atoms with Gasteiger partial charge in [-0.25, -0.2) is 0 Å². The zero-order chi connectivity index (χ0) is 19.0. The van der Waals surface area contributed by atoms with Crippen LogP contribution in [0, 0.1) is 5.41 Å². The summed E-state index contributed by atoms with van der Waals surface area (Å²) in [5, 5.41) is 6.47. The molecule has 0 spiro atoms. The minimum absolute atomic E-state index is 0. The molecule has 1 saturated heterocycles. The lowest BCUT2D eigenvalue weighted by atomic mass is 9.78. The molecule has 2 N–H and O–H groups in total. The summed E-state index contributed by atoms with van der Waals surface area (Å²) in [6, 6.07) is 18.8. The number of methoxy groups -OCH3 is 1. The van der Waals surface area contributed by atoms with Crippen LogP contribution in [0.5, 0.6) is 0 Å². The van der Waals surface area contributed by atoms with Gasteiger partial charge in [0.15, 0.2) is 0 Å². The van der Waals surface area contributed by atoms with E-state index in [4.69, 9.17) is 4.74 Å². The van der Waals surface area contributed by atoms with Crippen molar-refractivity contribution in [2.45, 2.75) is 32.1 Å². The number of carbonyl (C=O) groups excluding carboxylic acids is 1. The molecule has 1 heterocycles. The van der Waals surface area contributed by atoms with Gasteiger partial charge < -0.3 is 15.4 Å². The number of carbonyl (C=O) groups is 1. The van der Waals surface area contributed by atoms with Crippen molar-refractivity contribution >= 4 is 24.0 Å². The Morgan fingerprint density at radius 2 is 1.71 bits per heavy atom. The fourth-order valence-corrected chi connectivity index (χ4v) is 3.83. The lowest BCUT2D eigenvalue weighted by Crippen LogP contribution is -2.47. The van der Waals surface area contributed by atoms with Gasteiger partial charge in [-0.15, -0.1) is 12.4 Å². The SMILES string of the molecule is COCC1(C(=O)Nc2cccc(CCCc3ccccc3)c2)CCNCC1.Cl. The molecule has 0 radical (unpaired) electrons. The summed E-state index contributed by atoms with van der Waals surface area (Å²) in [6.07, 6.45) is 4.79. The molecular weight excluding hydrogens is 372 g/mol. The number of benzene rings is 2. The van der Waals surface area contributed by atoms with E-state index in [1.54, 1.807) is 7.11 Å². The van der Waals surface area contributed by atoms with Gasteiger partial charge in [0.1, 0.15) is 0 Å². The molecule has 28 heavy (non-hydrogen) atoms. The summed E-state index contributed by atoms with van der Waals surface area (Å²) in [5.74, 6) is 0.0762. The maximum atomic E-state index is 13.0. The third-order valence-corrected chi connectivity index (χ3v) is 5.42.